The Morgan fingerprint density at radius 1 is 1.21 bits per heavy atom. The van der Waals surface area contributed by atoms with Gasteiger partial charge in [-0.2, -0.15) is 4.98 Å². The first-order valence-corrected chi connectivity index (χ1v) is 6.73. The highest BCUT2D eigenvalue weighted by Gasteiger charge is 2.14. The Bertz CT molecular complexity index is 528. The normalized spacial score (nSPS) is 12.6. The maximum Gasteiger partial charge on any atom is 0.243 e. The summed E-state index contributed by atoms with van der Waals surface area (Å²) in [7, 11) is 0. The lowest BCUT2D eigenvalue weighted by Crippen LogP contribution is -2.10. The average Bonchev–Trinajstić information content (AvgIpc) is 2.76. The van der Waals surface area contributed by atoms with Crippen molar-refractivity contribution < 1.29 is 4.52 Å². The highest BCUT2D eigenvalue weighted by Crippen LogP contribution is 2.16. The fraction of sp³-hybridized carbons (Fsp3) is 0.467. The van der Waals surface area contributed by atoms with Crippen molar-refractivity contribution in [1.82, 2.24) is 10.1 Å². The van der Waals surface area contributed by atoms with Crippen molar-refractivity contribution in [3.8, 4) is 0 Å². The lowest BCUT2D eigenvalue weighted by molar-refractivity contribution is 0.345. The summed E-state index contributed by atoms with van der Waals surface area (Å²) in [4.78, 5) is 4.38. The van der Waals surface area contributed by atoms with E-state index in [1.54, 1.807) is 0 Å². The molecule has 2 rings (SSSR count). The van der Waals surface area contributed by atoms with Gasteiger partial charge in [-0.15, -0.1) is 0 Å². The first-order valence-electron chi connectivity index (χ1n) is 6.73. The molecule has 102 valence electrons. The molecule has 0 amide bonds. The SMILES string of the molecule is CCC[C@@H](N)c1nc(Cc2cc(C)cc(C)c2)no1. The number of benzene rings is 1. The van der Waals surface area contributed by atoms with E-state index in [4.69, 9.17) is 10.3 Å². The molecule has 0 saturated carbocycles. The second kappa shape index (κ2) is 5.97. The molecule has 0 radical (unpaired) electrons. The smallest absolute Gasteiger partial charge is 0.243 e. The lowest BCUT2D eigenvalue weighted by atomic mass is 10.0. The Morgan fingerprint density at radius 2 is 1.89 bits per heavy atom. The molecule has 2 N–H and O–H groups in total. The van der Waals surface area contributed by atoms with Crippen LogP contribution in [0.3, 0.4) is 0 Å². The summed E-state index contributed by atoms with van der Waals surface area (Å²) in [6, 6.07) is 6.30. The van der Waals surface area contributed by atoms with Gasteiger partial charge in [-0.3, -0.25) is 0 Å². The second-order valence-corrected chi connectivity index (χ2v) is 5.12. The van der Waals surface area contributed by atoms with Crippen LogP contribution in [0.2, 0.25) is 0 Å². The molecule has 19 heavy (non-hydrogen) atoms. The standard InChI is InChI=1S/C15H21N3O/c1-4-5-13(16)15-17-14(18-19-15)9-12-7-10(2)6-11(3)8-12/h6-8,13H,4-5,9,16H2,1-3H3/t13-/m1/s1. The van der Waals surface area contributed by atoms with Crippen LogP contribution in [-0.4, -0.2) is 10.1 Å². The number of hydrogen-bond donors (Lipinski definition) is 1. The number of rotatable bonds is 5. The van der Waals surface area contributed by atoms with Crippen molar-refractivity contribution in [1.29, 1.82) is 0 Å². The largest absolute Gasteiger partial charge is 0.338 e. The van der Waals surface area contributed by atoms with E-state index in [1.165, 1.54) is 16.7 Å². The van der Waals surface area contributed by atoms with E-state index < -0.39 is 0 Å². The molecule has 1 aromatic carbocycles. The molecule has 2 aromatic rings. The molecule has 4 heteroatoms. The number of nitrogens with zero attached hydrogens (tertiary/aromatic N) is 2. The molecule has 1 heterocycles. The van der Waals surface area contributed by atoms with E-state index in [2.05, 4.69) is 49.1 Å². The lowest BCUT2D eigenvalue weighted by Gasteiger charge is -2.03. The van der Waals surface area contributed by atoms with Gasteiger partial charge in [0, 0.05) is 6.42 Å². The summed E-state index contributed by atoms with van der Waals surface area (Å²) in [5.74, 6) is 1.24. The Balaban J connectivity index is 2.11. The minimum Gasteiger partial charge on any atom is -0.338 e. The minimum absolute atomic E-state index is 0.148. The fourth-order valence-electron chi connectivity index (χ4n) is 2.28. The second-order valence-electron chi connectivity index (χ2n) is 5.12. The number of nitrogens with two attached hydrogens (primary N) is 1. The summed E-state index contributed by atoms with van der Waals surface area (Å²) < 4.78 is 5.23. The van der Waals surface area contributed by atoms with Crippen LogP contribution in [0.4, 0.5) is 0 Å². The monoisotopic (exact) mass is 259 g/mol. The third-order valence-electron chi connectivity index (χ3n) is 3.04. The maximum absolute atomic E-state index is 5.96. The predicted octanol–water partition coefficient (Wildman–Crippen LogP) is 3.08. The predicted molar refractivity (Wildman–Crippen MR) is 74.9 cm³/mol. The topological polar surface area (TPSA) is 64.9 Å². The molecule has 0 bridgehead atoms. The van der Waals surface area contributed by atoms with Crippen LogP contribution < -0.4 is 5.73 Å². The molecular weight excluding hydrogens is 238 g/mol. The molecule has 0 aliphatic carbocycles. The Kier molecular flexibility index (Phi) is 4.32. The van der Waals surface area contributed by atoms with E-state index in [9.17, 15) is 0 Å². The Labute approximate surface area is 114 Å². The fourth-order valence-corrected chi connectivity index (χ4v) is 2.28. The highest BCUT2D eigenvalue weighted by molar-refractivity contribution is 5.30. The van der Waals surface area contributed by atoms with Crippen LogP contribution in [0.25, 0.3) is 0 Å². The van der Waals surface area contributed by atoms with Crippen molar-refractivity contribution >= 4 is 0 Å². The van der Waals surface area contributed by atoms with Gasteiger partial charge >= 0.3 is 0 Å². The summed E-state index contributed by atoms with van der Waals surface area (Å²) in [6.45, 7) is 6.28. The molecule has 1 aromatic heterocycles. The molecule has 1 atom stereocenters. The van der Waals surface area contributed by atoms with Crippen LogP contribution >= 0.6 is 0 Å². The maximum atomic E-state index is 5.96. The van der Waals surface area contributed by atoms with Crippen molar-refractivity contribution in [2.24, 2.45) is 5.73 Å². The van der Waals surface area contributed by atoms with Gasteiger partial charge in [-0.1, -0.05) is 47.8 Å². The van der Waals surface area contributed by atoms with Crippen molar-refractivity contribution in [2.75, 3.05) is 0 Å². The average molecular weight is 259 g/mol. The van der Waals surface area contributed by atoms with Gasteiger partial charge in [-0.05, 0) is 25.8 Å². The molecule has 0 aliphatic rings. The van der Waals surface area contributed by atoms with E-state index in [1.807, 2.05) is 0 Å². The number of aryl methyl sites for hydroxylation is 2. The van der Waals surface area contributed by atoms with E-state index in [0.29, 0.717) is 18.1 Å². The molecule has 0 saturated heterocycles. The van der Waals surface area contributed by atoms with Gasteiger partial charge in [0.25, 0.3) is 0 Å². The molecule has 0 spiro atoms. The molecule has 4 nitrogen and oxygen atoms in total. The van der Waals surface area contributed by atoms with Crippen molar-refractivity contribution in [3.05, 3.63) is 46.6 Å². The molecule has 0 fully saturated rings. The summed E-state index contributed by atoms with van der Waals surface area (Å²) in [5.41, 5.74) is 9.67. The zero-order valence-corrected chi connectivity index (χ0v) is 11.8. The van der Waals surface area contributed by atoms with Gasteiger partial charge in [0.1, 0.15) is 0 Å². The van der Waals surface area contributed by atoms with Crippen molar-refractivity contribution in [3.63, 3.8) is 0 Å². The van der Waals surface area contributed by atoms with E-state index >= 15 is 0 Å². The first kappa shape index (κ1) is 13.7. The Morgan fingerprint density at radius 3 is 2.53 bits per heavy atom. The third-order valence-corrected chi connectivity index (χ3v) is 3.04. The summed E-state index contributed by atoms with van der Waals surface area (Å²) in [5, 5.41) is 4.01. The first-order chi connectivity index (χ1) is 9.08. The van der Waals surface area contributed by atoms with Gasteiger partial charge in [0.15, 0.2) is 5.82 Å². The van der Waals surface area contributed by atoms with E-state index in [-0.39, 0.29) is 6.04 Å². The third kappa shape index (κ3) is 3.64. The van der Waals surface area contributed by atoms with Crippen LogP contribution in [0.5, 0.6) is 0 Å². The van der Waals surface area contributed by atoms with Gasteiger partial charge < -0.3 is 10.3 Å². The highest BCUT2D eigenvalue weighted by atomic mass is 16.5. The summed E-state index contributed by atoms with van der Waals surface area (Å²) >= 11 is 0. The van der Waals surface area contributed by atoms with E-state index in [0.717, 1.165) is 12.8 Å². The van der Waals surface area contributed by atoms with Gasteiger partial charge in [0.2, 0.25) is 5.89 Å². The molecule has 0 aliphatic heterocycles. The molecular formula is C15H21N3O. The molecule has 0 unspecified atom stereocenters. The van der Waals surface area contributed by atoms with Gasteiger partial charge in [0.05, 0.1) is 6.04 Å². The van der Waals surface area contributed by atoms with Gasteiger partial charge in [-0.25, -0.2) is 0 Å². The van der Waals surface area contributed by atoms with Crippen LogP contribution in [0, 0.1) is 13.8 Å². The Hall–Kier alpha value is -1.68. The quantitative estimate of drug-likeness (QED) is 0.896. The number of aromatic nitrogens is 2. The zero-order valence-electron chi connectivity index (χ0n) is 11.8. The zero-order chi connectivity index (χ0) is 13.8. The summed E-state index contributed by atoms with van der Waals surface area (Å²) in [6.07, 6.45) is 2.56. The van der Waals surface area contributed by atoms with Crippen LogP contribution in [-0.2, 0) is 6.42 Å². The minimum atomic E-state index is -0.148. The van der Waals surface area contributed by atoms with Crippen LogP contribution in [0.15, 0.2) is 22.7 Å². The van der Waals surface area contributed by atoms with Crippen LogP contribution in [0.1, 0.15) is 54.2 Å². The van der Waals surface area contributed by atoms with Crippen molar-refractivity contribution in [2.45, 2.75) is 46.1 Å². The number of hydrogen-bond acceptors (Lipinski definition) is 4.